The first-order valence-electron chi connectivity index (χ1n) is 4.34. The third-order valence-electron chi connectivity index (χ3n) is 2.24. The van der Waals surface area contributed by atoms with Crippen molar-refractivity contribution in [3.63, 3.8) is 0 Å². The van der Waals surface area contributed by atoms with Gasteiger partial charge in [0.1, 0.15) is 0 Å². The Balaban J connectivity index is 2.43. The highest BCUT2D eigenvalue weighted by Crippen LogP contribution is 2.16. The van der Waals surface area contributed by atoms with E-state index in [0.717, 1.165) is 30.9 Å². The van der Waals surface area contributed by atoms with E-state index in [4.69, 9.17) is 17.3 Å². The molecule has 1 atom stereocenters. The van der Waals surface area contributed by atoms with Gasteiger partial charge in [-0.1, -0.05) is 12.2 Å². The van der Waals surface area contributed by atoms with Crippen LogP contribution >= 0.6 is 12.2 Å². The van der Waals surface area contributed by atoms with Gasteiger partial charge in [0.2, 0.25) is 0 Å². The summed E-state index contributed by atoms with van der Waals surface area (Å²) in [7, 11) is 1.89. The van der Waals surface area contributed by atoms with Crippen molar-refractivity contribution in [2.75, 3.05) is 26.7 Å². The van der Waals surface area contributed by atoms with Gasteiger partial charge in [0, 0.05) is 13.1 Å². The number of rotatable bonds is 3. The van der Waals surface area contributed by atoms with Crippen molar-refractivity contribution >= 4 is 17.2 Å². The molecule has 1 heterocycles. The van der Waals surface area contributed by atoms with E-state index in [1.165, 1.54) is 0 Å². The van der Waals surface area contributed by atoms with E-state index in [9.17, 15) is 0 Å². The molecule has 0 spiro atoms. The summed E-state index contributed by atoms with van der Waals surface area (Å²) in [5, 5.41) is 12.1. The number of nitrogens with one attached hydrogen (secondary N) is 1. The molecule has 70 valence electrons. The lowest BCUT2D eigenvalue weighted by atomic mass is 10.2. The zero-order valence-electron chi connectivity index (χ0n) is 7.42. The maximum Gasteiger partial charge on any atom is 0.0922 e. The summed E-state index contributed by atoms with van der Waals surface area (Å²) in [6, 6.07) is 0.269. The van der Waals surface area contributed by atoms with Crippen molar-refractivity contribution in [1.82, 2.24) is 10.2 Å². The van der Waals surface area contributed by atoms with E-state index in [-0.39, 0.29) is 12.6 Å². The molecule has 0 amide bonds. The number of likely N-dealkylation sites (N-methyl/N-ethyl adjacent to an activating group) is 1. The van der Waals surface area contributed by atoms with Gasteiger partial charge in [-0.3, -0.25) is 0 Å². The highest BCUT2D eigenvalue weighted by Gasteiger charge is 2.24. The number of likely N-dealkylation sites (tertiary alicyclic amines) is 1. The van der Waals surface area contributed by atoms with Crippen LogP contribution in [0, 0.1) is 0 Å². The number of aliphatic hydroxyl groups excluding tert-OH is 1. The van der Waals surface area contributed by atoms with E-state index in [1.807, 2.05) is 7.05 Å². The zero-order valence-corrected chi connectivity index (χ0v) is 8.23. The molecule has 1 rings (SSSR count). The second-order valence-electron chi connectivity index (χ2n) is 3.10. The van der Waals surface area contributed by atoms with Crippen molar-refractivity contribution in [2.24, 2.45) is 0 Å². The molecule has 0 aromatic carbocycles. The number of nitrogens with zero attached hydrogens (tertiary/aromatic N) is 1. The maximum atomic E-state index is 9.03. The molecular weight excluding hydrogens is 172 g/mol. The quantitative estimate of drug-likeness (QED) is 0.611. The summed E-state index contributed by atoms with van der Waals surface area (Å²) in [6.45, 7) is 1.97. The number of thiocarbonyl (C=S) groups is 1. The number of hydrogen-bond donors (Lipinski definition) is 2. The molecular formula is C8H16N2OS. The summed E-state index contributed by atoms with van der Waals surface area (Å²) >= 11 is 5.21. The van der Waals surface area contributed by atoms with E-state index in [1.54, 1.807) is 0 Å². The topological polar surface area (TPSA) is 35.5 Å². The van der Waals surface area contributed by atoms with E-state index >= 15 is 0 Å². The lowest BCUT2D eigenvalue weighted by Crippen LogP contribution is -2.40. The van der Waals surface area contributed by atoms with Gasteiger partial charge in [-0.05, 0) is 19.9 Å². The first-order chi connectivity index (χ1) is 5.79. The standard InChI is InChI=1S/C8H16N2OS/c1-9-5-8(12)10-4-2-3-7(10)6-11/h7,9,11H,2-6H2,1H3/t7-/m1/s1. The predicted octanol–water partition coefficient (Wildman–Crippen LogP) is -0.0101. The molecule has 12 heavy (non-hydrogen) atoms. The fraction of sp³-hybridized carbons (Fsp3) is 0.875. The van der Waals surface area contributed by atoms with Crippen molar-refractivity contribution in [3.8, 4) is 0 Å². The molecule has 0 radical (unpaired) electrons. The fourth-order valence-corrected chi connectivity index (χ4v) is 1.99. The first kappa shape index (κ1) is 9.89. The van der Waals surface area contributed by atoms with Gasteiger partial charge in [-0.25, -0.2) is 0 Å². The minimum Gasteiger partial charge on any atom is -0.394 e. The third-order valence-corrected chi connectivity index (χ3v) is 2.62. The highest BCUT2D eigenvalue weighted by molar-refractivity contribution is 7.80. The molecule has 0 saturated carbocycles. The normalized spacial score (nSPS) is 23.2. The molecule has 1 fully saturated rings. The van der Waals surface area contributed by atoms with Crippen molar-refractivity contribution in [3.05, 3.63) is 0 Å². The zero-order chi connectivity index (χ0) is 8.97. The second-order valence-corrected chi connectivity index (χ2v) is 3.57. The Kier molecular flexibility index (Phi) is 3.91. The largest absolute Gasteiger partial charge is 0.394 e. The van der Waals surface area contributed by atoms with Gasteiger partial charge in [0.15, 0.2) is 0 Å². The van der Waals surface area contributed by atoms with Crippen LogP contribution in [0.1, 0.15) is 12.8 Å². The average molecular weight is 188 g/mol. The van der Waals surface area contributed by atoms with Crippen LogP contribution in [0.3, 0.4) is 0 Å². The van der Waals surface area contributed by atoms with E-state index in [0.29, 0.717) is 0 Å². The van der Waals surface area contributed by atoms with E-state index < -0.39 is 0 Å². The highest BCUT2D eigenvalue weighted by atomic mass is 32.1. The number of hydrogen-bond acceptors (Lipinski definition) is 3. The van der Waals surface area contributed by atoms with Crippen LogP contribution in [-0.4, -0.2) is 47.8 Å². The molecule has 0 unspecified atom stereocenters. The van der Waals surface area contributed by atoms with Gasteiger partial charge >= 0.3 is 0 Å². The molecule has 0 aromatic rings. The second kappa shape index (κ2) is 4.74. The van der Waals surface area contributed by atoms with Gasteiger partial charge in [-0.2, -0.15) is 0 Å². The smallest absolute Gasteiger partial charge is 0.0922 e. The van der Waals surface area contributed by atoms with Gasteiger partial charge in [-0.15, -0.1) is 0 Å². The Morgan fingerprint density at radius 3 is 3.08 bits per heavy atom. The van der Waals surface area contributed by atoms with E-state index in [2.05, 4.69) is 10.2 Å². The predicted molar refractivity (Wildman–Crippen MR) is 53.3 cm³/mol. The lowest BCUT2D eigenvalue weighted by Gasteiger charge is -2.25. The monoisotopic (exact) mass is 188 g/mol. The van der Waals surface area contributed by atoms with Gasteiger partial charge < -0.3 is 15.3 Å². The van der Waals surface area contributed by atoms with Crippen molar-refractivity contribution < 1.29 is 5.11 Å². The van der Waals surface area contributed by atoms with Crippen LogP contribution in [0.2, 0.25) is 0 Å². The Hall–Kier alpha value is -0.190. The molecule has 1 aliphatic heterocycles. The van der Waals surface area contributed by atoms with Crippen LogP contribution in [-0.2, 0) is 0 Å². The maximum absolute atomic E-state index is 9.03. The summed E-state index contributed by atoms with van der Waals surface area (Å²) in [5.41, 5.74) is 0. The van der Waals surface area contributed by atoms with Gasteiger partial charge in [0.05, 0.1) is 17.6 Å². The van der Waals surface area contributed by atoms with Crippen LogP contribution in [0.25, 0.3) is 0 Å². The minimum atomic E-state index is 0.226. The Labute approximate surface area is 78.8 Å². The van der Waals surface area contributed by atoms with Crippen LogP contribution < -0.4 is 5.32 Å². The summed E-state index contributed by atoms with van der Waals surface area (Å²) in [6.07, 6.45) is 2.22. The minimum absolute atomic E-state index is 0.226. The fourth-order valence-electron chi connectivity index (χ4n) is 1.61. The molecule has 0 bridgehead atoms. The molecule has 3 nitrogen and oxygen atoms in total. The molecule has 4 heteroatoms. The van der Waals surface area contributed by atoms with Crippen LogP contribution in [0.4, 0.5) is 0 Å². The molecule has 2 N–H and O–H groups in total. The van der Waals surface area contributed by atoms with Gasteiger partial charge in [0.25, 0.3) is 0 Å². The summed E-state index contributed by atoms with van der Waals surface area (Å²) < 4.78 is 0. The Morgan fingerprint density at radius 2 is 2.50 bits per heavy atom. The van der Waals surface area contributed by atoms with Crippen molar-refractivity contribution in [1.29, 1.82) is 0 Å². The van der Waals surface area contributed by atoms with Crippen LogP contribution in [0.15, 0.2) is 0 Å². The Bertz CT molecular complexity index is 163. The SMILES string of the molecule is CNCC(=S)N1CCC[C@@H]1CO. The third kappa shape index (κ3) is 2.15. The molecule has 1 saturated heterocycles. The van der Waals surface area contributed by atoms with Crippen molar-refractivity contribution in [2.45, 2.75) is 18.9 Å². The summed E-state index contributed by atoms with van der Waals surface area (Å²) in [4.78, 5) is 3.06. The number of aliphatic hydroxyl groups is 1. The Morgan fingerprint density at radius 1 is 1.75 bits per heavy atom. The summed E-state index contributed by atoms with van der Waals surface area (Å²) in [5.74, 6) is 0. The molecule has 1 aliphatic rings. The molecule has 0 aromatic heterocycles. The van der Waals surface area contributed by atoms with Crippen LogP contribution in [0.5, 0.6) is 0 Å². The molecule has 0 aliphatic carbocycles. The average Bonchev–Trinajstić information content (AvgIpc) is 2.51. The lowest BCUT2D eigenvalue weighted by molar-refractivity contribution is 0.209. The first-order valence-corrected chi connectivity index (χ1v) is 4.75.